The third kappa shape index (κ3) is 1.41. The standard InChI is InChI=1S/C18H13N3/c19-11-18(12-20)9-10-21-16-8-4-3-6-14(16)13-5-1-2-7-15(13)17(18)21/h1-8,17H,9-10H2/t17-/m1/s1. The van der Waals surface area contributed by atoms with Crippen LogP contribution in [0.3, 0.4) is 0 Å². The molecule has 0 radical (unpaired) electrons. The first-order valence-electron chi connectivity index (χ1n) is 7.08. The smallest absolute Gasteiger partial charge is 0.169 e. The number of para-hydroxylation sites is 1. The van der Waals surface area contributed by atoms with Gasteiger partial charge in [-0.15, -0.1) is 0 Å². The minimum Gasteiger partial charge on any atom is -0.361 e. The number of nitriles is 2. The molecule has 0 aliphatic carbocycles. The van der Waals surface area contributed by atoms with Crippen LogP contribution < -0.4 is 4.90 Å². The van der Waals surface area contributed by atoms with E-state index >= 15 is 0 Å². The van der Waals surface area contributed by atoms with Gasteiger partial charge in [-0.2, -0.15) is 10.5 Å². The summed E-state index contributed by atoms with van der Waals surface area (Å²) < 4.78 is 0. The molecule has 0 N–H and O–H groups in total. The lowest BCUT2D eigenvalue weighted by Gasteiger charge is -2.38. The molecule has 4 rings (SSSR count). The highest BCUT2D eigenvalue weighted by Crippen LogP contribution is 2.55. The van der Waals surface area contributed by atoms with Gasteiger partial charge in [0.2, 0.25) is 0 Å². The SMILES string of the molecule is N#CC1(C#N)CCN2c3ccccc3-c3ccccc3[C@@H]21. The van der Waals surface area contributed by atoms with Crippen molar-refractivity contribution in [3.05, 3.63) is 54.1 Å². The molecular weight excluding hydrogens is 258 g/mol. The second kappa shape index (κ2) is 4.11. The molecule has 0 bridgehead atoms. The summed E-state index contributed by atoms with van der Waals surface area (Å²) in [5.74, 6) is 0. The summed E-state index contributed by atoms with van der Waals surface area (Å²) in [6.07, 6.45) is 0.591. The van der Waals surface area contributed by atoms with Gasteiger partial charge in [-0.1, -0.05) is 42.5 Å². The summed E-state index contributed by atoms with van der Waals surface area (Å²) in [7, 11) is 0. The maximum atomic E-state index is 9.63. The van der Waals surface area contributed by atoms with E-state index in [1.54, 1.807) is 0 Å². The molecule has 0 amide bonds. The van der Waals surface area contributed by atoms with Crippen LogP contribution >= 0.6 is 0 Å². The first kappa shape index (κ1) is 12.0. The molecule has 2 aliphatic rings. The molecule has 0 unspecified atom stereocenters. The number of anilines is 1. The van der Waals surface area contributed by atoms with Crippen LogP contribution in [0.25, 0.3) is 11.1 Å². The van der Waals surface area contributed by atoms with E-state index in [9.17, 15) is 10.5 Å². The summed E-state index contributed by atoms with van der Waals surface area (Å²) in [5, 5.41) is 19.3. The topological polar surface area (TPSA) is 50.8 Å². The van der Waals surface area contributed by atoms with Crippen LogP contribution in [-0.2, 0) is 0 Å². The van der Waals surface area contributed by atoms with E-state index in [0.29, 0.717) is 6.42 Å². The predicted octanol–water partition coefficient (Wildman–Crippen LogP) is 3.65. The van der Waals surface area contributed by atoms with Crippen LogP contribution in [0.4, 0.5) is 5.69 Å². The van der Waals surface area contributed by atoms with E-state index in [4.69, 9.17) is 0 Å². The molecule has 1 fully saturated rings. The Morgan fingerprint density at radius 2 is 1.62 bits per heavy atom. The number of rotatable bonds is 0. The highest BCUT2D eigenvalue weighted by atomic mass is 15.2. The molecule has 1 saturated heterocycles. The number of hydrogen-bond donors (Lipinski definition) is 0. The largest absolute Gasteiger partial charge is 0.361 e. The average Bonchev–Trinajstić information content (AvgIpc) is 2.96. The van der Waals surface area contributed by atoms with Crippen molar-refractivity contribution in [2.45, 2.75) is 12.5 Å². The van der Waals surface area contributed by atoms with Crippen molar-refractivity contribution in [1.29, 1.82) is 10.5 Å². The van der Waals surface area contributed by atoms with Crippen LogP contribution in [-0.4, -0.2) is 6.54 Å². The Balaban J connectivity index is 2.04. The lowest BCUT2D eigenvalue weighted by molar-refractivity contribution is 0.475. The van der Waals surface area contributed by atoms with Gasteiger partial charge < -0.3 is 4.90 Å². The van der Waals surface area contributed by atoms with Gasteiger partial charge in [0, 0.05) is 17.8 Å². The third-order valence-corrected chi connectivity index (χ3v) is 4.68. The molecular formula is C18H13N3. The van der Waals surface area contributed by atoms with E-state index in [2.05, 4.69) is 41.3 Å². The van der Waals surface area contributed by atoms with Gasteiger partial charge in [0.25, 0.3) is 0 Å². The molecule has 1 atom stereocenters. The minimum atomic E-state index is -0.955. The second-order valence-electron chi connectivity index (χ2n) is 5.65. The summed E-state index contributed by atoms with van der Waals surface area (Å²) in [4.78, 5) is 2.23. The average molecular weight is 271 g/mol. The van der Waals surface area contributed by atoms with Gasteiger partial charge in [0.15, 0.2) is 5.41 Å². The van der Waals surface area contributed by atoms with Gasteiger partial charge >= 0.3 is 0 Å². The molecule has 0 spiro atoms. The first-order chi connectivity index (χ1) is 10.3. The van der Waals surface area contributed by atoms with Crippen molar-refractivity contribution in [2.75, 3.05) is 11.4 Å². The Bertz CT molecular complexity index is 796. The zero-order chi connectivity index (χ0) is 14.4. The van der Waals surface area contributed by atoms with E-state index in [1.165, 1.54) is 5.56 Å². The second-order valence-corrected chi connectivity index (χ2v) is 5.65. The zero-order valence-corrected chi connectivity index (χ0v) is 11.5. The van der Waals surface area contributed by atoms with Crippen molar-refractivity contribution >= 4 is 5.69 Å². The van der Waals surface area contributed by atoms with Crippen LogP contribution in [0, 0.1) is 28.1 Å². The predicted molar refractivity (Wildman–Crippen MR) is 80.2 cm³/mol. The summed E-state index contributed by atoms with van der Waals surface area (Å²) in [6, 6.07) is 20.8. The Labute approximate surface area is 123 Å². The molecule has 0 aromatic heterocycles. The van der Waals surface area contributed by atoms with Gasteiger partial charge in [0.1, 0.15) is 0 Å². The van der Waals surface area contributed by atoms with E-state index in [1.807, 2.05) is 24.3 Å². The Morgan fingerprint density at radius 1 is 0.952 bits per heavy atom. The van der Waals surface area contributed by atoms with E-state index in [0.717, 1.165) is 23.4 Å². The van der Waals surface area contributed by atoms with Crippen LogP contribution in [0.5, 0.6) is 0 Å². The van der Waals surface area contributed by atoms with Gasteiger partial charge in [-0.25, -0.2) is 0 Å². The van der Waals surface area contributed by atoms with Gasteiger partial charge in [-0.05, 0) is 23.6 Å². The van der Waals surface area contributed by atoms with Crippen molar-refractivity contribution in [3.8, 4) is 23.3 Å². The number of hydrogen-bond acceptors (Lipinski definition) is 3. The molecule has 21 heavy (non-hydrogen) atoms. The van der Waals surface area contributed by atoms with Gasteiger partial charge in [0.05, 0.1) is 18.2 Å². The van der Waals surface area contributed by atoms with Crippen molar-refractivity contribution < 1.29 is 0 Å². The van der Waals surface area contributed by atoms with Crippen molar-refractivity contribution in [2.24, 2.45) is 5.41 Å². The first-order valence-corrected chi connectivity index (χ1v) is 7.08. The molecule has 2 heterocycles. The maximum absolute atomic E-state index is 9.63. The fourth-order valence-electron chi connectivity index (χ4n) is 3.71. The molecule has 2 aromatic rings. The van der Waals surface area contributed by atoms with Crippen molar-refractivity contribution in [3.63, 3.8) is 0 Å². The molecule has 2 aromatic carbocycles. The number of fused-ring (bicyclic) bond motifs is 6. The highest BCUT2D eigenvalue weighted by Gasteiger charge is 2.52. The van der Waals surface area contributed by atoms with E-state index < -0.39 is 5.41 Å². The monoisotopic (exact) mass is 271 g/mol. The molecule has 0 saturated carbocycles. The number of nitrogens with zero attached hydrogens (tertiary/aromatic N) is 3. The molecule has 2 aliphatic heterocycles. The maximum Gasteiger partial charge on any atom is 0.169 e. The Morgan fingerprint density at radius 3 is 2.38 bits per heavy atom. The summed E-state index contributed by atoms with van der Waals surface area (Å²) in [5.41, 5.74) is 3.61. The van der Waals surface area contributed by atoms with Crippen LogP contribution in [0.1, 0.15) is 18.0 Å². The Hall–Kier alpha value is -2.78. The summed E-state index contributed by atoms with van der Waals surface area (Å²) in [6.45, 7) is 0.747. The summed E-state index contributed by atoms with van der Waals surface area (Å²) >= 11 is 0. The highest BCUT2D eigenvalue weighted by molar-refractivity contribution is 5.85. The lowest BCUT2D eigenvalue weighted by Crippen LogP contribution is -2.33. The third-order valence-electron chi connectivity index (χ3n) is 4.68. The van der Waals surface area contributed by atoms with E-state index in [-0.39, 0.29) is 6.04 Å². The normalized spacial score (nSPS) is 20.7. The minimum absolute atomic E-state index is 0.168. The lowest BCUT2D eigenvalue weighted by atomic mass is 9.76. The van der Waals surface area contributed by atoms with Crippen LogP contribution in [0.15, 0.2) is 48.5 Å². The van der Waals surface area contributed by atoms with Crippen molar-refractivity contribution in [1.82, 2.24) is 0 Å². The quantitative estimate of drug-likeness (QED) is 0.734. The molecule has 100 valence electrons. The number of benzene rings is 2. The zero-order valence-electron chi connectivity index (χ0n) is 11.5. The molecule has 3 nitrogen and oxygen atoms in total. The van der Waals surface area contributed by atoms with Gasteiger partial charge in [-0.3, -0.25) is 0 Å². The Kier molecular flexibility index (Phi) is 2.35. The fraction of sp³-hybridized carbons (Fsp3) is 0.222. The fourth-order valence-corrected chi connectivity index (χ4v) is 3.71. The van der Waals surface area contributed by atoms with Crippen LogP contribution in [0.2, 0.25) is 0 Å². The molecule has 3 heteroatoms.